The first-order valence-electron chi connectivity index (χ1n) is 13.7. The summed E-state index contributed by atoms with van der Waals surface area (Å²) in [5.74, 6) is 1.88. The minimum atomic E-state index is 0.0730. The number of rotatable bonds is 3. The van der Waals surface area contributed by atoms with Crippen molar-refractivity contribution in [3.05, 3.63) is 140 Å². The van der Waals surface area contributed by atoms with Gasteiger partial charge in [0.05, 0.1) is 22.4 Å². The van der Waals surface area contributed by atoms with Gasteiger partial charge in [0.15, 0.2) is 0 Å². The molecule has 0 N–H and O–H groups in total. The van der Waals surface area contributed by atoms with Crippen LogP contribution in [0.5, 0.6) is 11.5 Å². The molecule has 0 spiro atoms. The van der Waals surface area contributed by atoms with Crippen molar-refractivity contribution in [2.75, 3.05) is 4.90 Å². The van der Waals surface area contributed by atoms with Crippen LogP contribution in [-0.4, -0.2) is 11.3 Å². The molecule has 0 radical (unpaired) electrons. The third kappa shape index (κ3) is 2.85. The summed E-state index contributed by atoms with van der Waals surface area (Å²) in [5.41, 5.74) is 10.8. The van der Waals surface area contributed by atoms with E-state index in [9.17, 15) is 0 Å². The van der Waals surface area contributed by atoms with Crippen molar-refractivity contribution in [3.8, 4) is 17.2 Å². The summed E-state index contributed by atoms with van der Waals surface area (Å²) in [6, 6.07) is 49.8. The number of hydrogen-bond donors (Lipinski definition) is 0. The van der Waals surface area contributed by atoms with E-state index < -0.39 is 0 Å². The quantitative estimate of drug-likeness (QED) is 0.234. The van der Waals surface area contributed by atoms with E-state index in [1.807, 2.05) is 0 Å². The van der Waals surface area contributed by atoms with Crippen LogP contribution in [-0.2, 0) is 0 Å². The molecule has 186 valence electrons. The lowest BCUT2D eigenvalue weighted by atomic mass is 9.34. The van der Waals surface area contributed by atoms with Crippen LogP contribution in [0, 0.1) is 0 Å². The van der Waals surface area contributed by atoms with Crippen LogP contribution in [0.2, 0.25) is 0 Å². The molecule has 4 heteroatoms. The molecular weight excluding hydrogens is 487 g/mol. The molecule has 3 heterocycles. The van der Waals surface area contributed by atoms with Gasteiger partial charge in [-0.2, -0.15) is 0 Å². The first-order valence-corrected chi connectivity index (χ1v) is 13.7. The van der Waals surface area contributed by atoms with Gasteiger partial charge in [-0.25, -0.2) is 0 Å². The van der Waals surface area contributed by atoms with Crippen LogP contribution >= 0.6 is 0 Å². The van der Waals surface area contributed by atoms with Crippen molar-refractivity contribution in [3.63, 3.8) is 0 Å². The number of para-hydroxylation sites is 5. The molecule has 1 aromatic heterocycles. The van der Waals surface area contributed by atoms with E-state index in [2.05, 4.69) is 149 Å². The van der Waals surface area contributed by atoms with Gasteiger partial charge in [-0.05, 0) is 71.0 Å². The molecule has 0 atom stereocenters. The van der Waals surface area contributed by atoms with Crippen molar-refractivity contribution in [2.24, 2.45) is 0 Å². The summed E-state index contributed by atoms with van der Waals surface area (Å²) in [6.07, 6.45) is 0. The molecular formula is C36H23BN2O. The zero-order valence-electron chi connectivity index (χ0n) is 21.7. The molecule has 0 bridgehead atoms. The van der Waals surface area contributed by atoms with Gasteiger partial charge in [-0.3, -0.25) is 0 Å². The summed E-state index contributed by atoms with van der Waals surface area (Å²) >= 11 is 0. The van der Waals surface area contributed by atoms with E-state index in [1.165, 1.54) is 43.9 Å². The maximum atomic E-state index is 6.55. The Morgan fingerprint density at radius 2 is 1.20 bits per heavy atom. The molecule has 2 aliphatic rings. The molecule has 40 heavy (non-hydrogen) atoms. The monoisotopic (exact) mass is 510 g/mol. The first-order chi connectivity index (χ1) is 19.9. The zero-order valence-corrected chi connectivity index (χ0v) is 21.7. The predicted molar refractivity (Wildman–Crippen MR) is 167 cm³/mol. The summed E-state index contributed by atoms with van der Waals surface area (Å²) < 4.78 is 9.04. The Hall–Kier alpha value is -5.22. The highest BCUT2D eigenvalue weighted by Gasteiger charge is 2.41. The maximum absolute atomic E-state index is 6.55. The van der Waals surface area contributed by atoms with E-state index in [4.69, 9.17) is 4.74 Å². The van der Waals surface area contributed by atoms with Gasteiger partial charge in [0.2, 0.25) is 0 Å². The van der Waals surface area contributed by atoms with Crippen molar-refractivity contribution >= 4 is 62.0 Å². The number of aromatic nitrogens is 1. The Bertz CT molecular complexity index is 2060. The first kappa shape index (κ1) is 21.7. The van der Waals surface area contributed by atoms with Gasteiger partial charge in [0, 0.05) is 22.1 Å². The fourth-order valence-corrected chi connectivity index (χ4v) is 6.86. The SMILES string of the molecule is c1ccc(N(c2ccccc2)c2cccc3c2-n2c4ccccc4c4ccc5c(c42)B3c2ccccc2O5)cc1. The number of benzene rings is 6. The lowest BCUT2D eigenvalue weighted by Gasteiger charge is -2.36. The van der Waals surface area contributed by atoms with Crippen molar-refractivity contribution in [1.82, 2.24) is 4.57 Å². The van der Waals surface area contributed by atoms with E-state index in [0.29, 0.717) is 0 Å². The average molecular weight is 510 g/mol. The van der Waals surface area contributed by atoms with Crippen LogP contribution in [0.4, 0.5) is 17.1 Å². The van der Waals surface area contributed by atoms with Gasteiger partial charge in [0.1, 0.15) is 11.5 Å². The number of hydrogen-bond acceptors (Lipinski definition) is 2. The van der Waals surface area contributed by atoms with Gasteiger partial charge >= 0.3 is 0 Å². The lowest BCUT2D eigenvalue weighted by Crippen LogP contribution is -2.58. The predicted octanol–water partition coefficient (Wildman–Crippen LogP) is 7.19. The molecule has 7 aromatic rings. The lowest BCUT2D eigenvalue weighted by molar-refractivity contribution is 0.488. The van der Waals surface area contributed by atoms with Gasteiger partial charge in [0.25, 0.3) is 6.71 Å². The normalized spacial score (nSPS) is 12.7. The highest BCUT2D eigenvalue weighted by molar-refractivity contribution is 6.99. The summed E-state index contributed by atoms with van der Waals surface area (Å²) in [7, 11) is 0. The average Bonchev–Trinajstić information content (AvgIpc) is 3.36. The van der Waals surface area contributed by atoms with Crippen molar-refractivity contribution in [2.45, 2.75) is 0 Å². The second kappa shape index (κ2) is 8.14. The Morgan fingerprint density at radius 3 is 2.00 bits per heavy atom. The number of fused-ring (bicyclic) bond motifs is 8. The highest BCUT2D eigenvalue weighted by Crippen LogP contribution is 2.43. The fourth-order valence-electron chi connectivity index (χ4n) is 6.86. The summed E-state index contributed by atoms with van der Waals surface area (Å²) in [5, 5.41) is 2.51. The molecule has 2 aliphatic heterocycles. The van der Waals surface area contributed by atoms with E-state index in [1.54, 1.807) is 0 Å². The highest BCUT2D eigenvalue weighted by atomic mass is 16.5. The Kier molecular flexibility index (Phi) is 4.41. The van der Waals surface area contributed by atoms with E-state index in [-0.39, 0.29) is 6.71 Å². The molecule has 0 saturated heterocycles. The topological polar surface area (TPSA) is 17.4 Å². The largest absolute Gasteiger partial charge is 0.458 e. The molecule has 0 aliphatic carbocycles. The second-order valence-electron chi connectivity index (χ2n) is 10.5. The van der Waals surface area contributed by atoms with Crippen LogP contribution in [0.3, 0.4) is 0 Å². The van der Waals surface area contributed by atoms with Gasteiger partial charge < -0.3 is 14.2 Å². The number of nitrogens with zero attached hydrogens (tertiary/aromatic N) is 2. The van der Waals surface area contributed by atoms with Crippen LogP contribution in [0.1, 0.15) is 0 Å². The van der Waals surface area contributed by atoms with Gasteiger partial charge in [-0.15, -0.1) is 0 Å². The third-order valence-corrected chi connectivity index (χ3v) is 8.42. The minimum Gasteiger partial charge on any atom is -0.458 e. The molecule has 6 aromatic carbocycles. The Morgan fingerprint density at radius 1 is 0.525 bits per heavy atom. The molecule has 3 nitrogen and oxygen atoms in total. The molecule has 0 fully saturated rings. The number of anilines is 3. The molecule has 0 amide bonds. The standard InChI is InChI=1S/C36H23BN2O/c1-3-12-24(13-4-1)38(25-14-5-2-6-15-25)31-20-11-18-29-36(31)39-30-19-9-7-16-26(30)27-22-23-33-34(35(27)39)37(29)28-17-8-10-21-32(28)40-33/h1-23H. The van der Waals surface area contributed by atoms with Crippen molar-refractivity contribution in [1.29, 1.82) is 0 Å². The molecule has 9 rings (SSSR count). The zero-order chi connectivity index (χ0) is 26.2. The summed E-state index contributed by atoms with van der Waals surface area (Å²) in [6.45, 7) is 0.0730. The number of ether oxygens (including phenoxy) is 1. The smallest absolute Gasteiger partial charge is 0.256 e. The Balaban J connectivity index is 1.46. The third-order valence-electron chi connectivity index (χ3n) is 8.42. The fraction of sp³-hybridized carbons (Fsp3) is 0. The Labute approximate surface area is 232 Å². The van der Waals surface area contributed by atoms with E-state index in [0.717, 1.165) is 28.6 Å². The van der Waals surface area contributed by atoms with Crippen LogP contribution in [0.25, 0.3) is 27.5 Å². The van der Waals surface area contributed by atoms with E-state index >= 15 is 0 Å². The molecule has 0 unspecified atom stereocenters. The van der Waals surface area contributed by atoms with Gasteiger partial charge in [-0.1, -0.05) is 84.9 Å². The van der Waals surface area contributed by atoms with Crippen molar-refractivity contribution < 1.29 is 4.74 Å². The molecule has 0 saturated carbocycles. The summed E-state index contributed by atoms with van der Waals surface area (Å²) in [4.78, 5) is 2.39. The van der Waals surface area contributed by atoms with Crippen LogP contribution in [0.15, 0.2) is 140 Å². The maximum Gasteiger partial charge on any atom is 0.256 e. The minimum absolute atomic E-state index is 0.0730. The van der Waals surface area contributed by atoms with Crippen LogP contribution < -0.4 is 26.0 Å². The second-order valence-corrected chi connectivity index (χ2v) is 10.5.